The van der Waals surface area contributed by atoms with Crippen LogP contribution < -0.4 is 11.0 Å². The van der Waals surface area contributed by atoms with Crippen LogP contribution in [0.3, 0.4) is 0 Å². The zero-order chi connectivity index (χ0) is 26.7. The van der Waals surface area contributed by atoms with E-state index in [-0.39, 0.29) is 5.48 Å². The molecule has 0 atom stereocenters. The number of hydrogen-bond acceptors (Lipinski definition) is 6. The molecule has 10 rings (SSSR count). The Balaban J connectivity index is 0.00000250. The van der Waals surface area contributed by atoms with Crippen LogP contribution in [0.1, 0.15) is 22.3 Å². The van der Waals surface area contributed by atoms with Crippen molar-refractivity contribution in [3.63, 3.8) is 0 Å². The Hall–Kier alpha value is -5.16. The van der Waals surface area contributed by atoms with Gasteiger partial charge in [-0.15, -0.1) is 0 Å². The van der Waals surface area contributed by atoms with E-state index in [1.165, 1.54) is 0 Å². The van der Waals surface area contributed by atoms with Crippen molar-refractivity contribution in [2.24, 2.45) is 30.0 Å². The first kappa shape index (κ1) is 23.5. The molecule has 0 amide bonds. The van der Waals surface area contributed by atoms with Crippen molar-refractivity contribution in [3.05, 3.63) is 130 Å². The van der Waals surface area contributed by atoms with E-state index < -0.39 is 17.9 Å². The van der Waals surface area contributed by atoms with Gasteiger partial charge in [-0.05, 0) is 0 Å². The Morgan fingerprint density at radius 3 is 1.17 bits per heavy atom. The van der Waals surface area contributed by atoms with Crippen LogP contribution in [0.5, 0.6) is 0 Å². The monoisotopic (exact) mass is 599 g/mol. The minimum atomic E-state index is -1.57. The van der Waals surface area contributed by atoms with Crippen LogP contribution in [0, 0.1) is 0 Å². The van der Waals surface area contributed by atoms with Gasteiger partial charge in [-0.2, -0.15) is 0 Å². The Kier molecular flexibility index (Phi) is 4.72. The average molecular weight is 600 g/mol. The van der Waals surface area contributed by atoms with Crippen molar-refractivity contribution >= 4 is 74.4 Å². The molecule has 6 aromatic rings. The number of fused-ring (bicyclic) bond motifs is 14. The molecule has 6 heterocycles. The van der Waals surface area contributed by atoms with Crippen LogP contribution in [-0.2, 0) is 0 Å². The van der Waals surface area contributed by atoms with E-state index in [1.54, 1.807) is 0 Å². The quantitative estimate of drug-likeness (QED) is 0.237. The van der Waals surface area contributed by atoms with E-state index in [0.29, 0.717) is 23.3 Å². The summed E-state index contributed by atoms with van der Waals surface area (Å²) in [5.41, 5.74) is 5.66. The third-order valence-electron chi connectivity index (χ3n) is 8.05. The van der Waals surface area contributed by atoms with Gasteiger partial charge in [-0.25, -0.2) is 0 Å². The fourth-order valence-electron chi connectivity index (χ4n) is 6.19. The molecule has 6 bridgehead atoms. The van der Waals surface area contributed by atoms with Crippen molar-refractivity contribution in [2.45, 2.75) is 0 Å². The van der Waals surface area contributed by atoms with Gasteiger partial charge in [-0.3, -0.25) is 0 Å². The third kappa shape index (κ3) is 3.02. The summed E-state index contributed by atoms with van der Waals surface area (Å²) >= 11 is -1.57. The molecule has 0 aliphatic carbocycles. The molecule has 9 nitrogen and oxygen atoms in total. The zero-order valence-electron chi connectivity index (χ0n) is 21.9. The third-order valence-corrected chi connectivity index (χ3v) is 11.1. The number of rotatable bonds is 0. The van der Waals surface area contributed by atoms with Gasteiger partial charge in [-0.1, -0.05) is 0 Å². The maximum atomic E-state index is 5.26. The molecule has 1 radical (unpaired) electrons. The van der Waals surface area contributed by atoms with E-state index >= 15 is 0 Å². The van der Waals surface area contributed by atoms with Gasteiger partial charge in [0.2, 0.25) is 0 Å². The molecule has 0 fully saturated rings. The SMILES string of the molecule is O.c1ccc2c(c1)C1=NC2=Nc2c3ccccc3c3[n]2[Ga][n]2c(c4ccccc4c2=NC2=NC(=N3)c3ccccc32)=N1. The second-order valence-electron chi connectivity index (χ2n) is 10.3. The van der Waals surface area contributed by atoms with Crippen molar-refractivity contribution in [1.82, 2.24) is 6.55 Å². The van der Waals surface area contributed by atoms with E-state index in [2.05, 4.69) is 79.3 Å². The van der Waals surface area contributed by atoms with E-state index in [4.69, 9.17) is 30.0 Å². The summed E-state index contributed by atoms with van der Waals surface area (Å²) in [7, 11) is 0. The standard InChI is InChI=1S/C32H16N8.Ga.H2O/c1-2-10-18-17(9-1)25-33-26(18)38-28-21-13-5-6-14-22(21)30(35-28)40-32-24-16-8-7-15-23(24)31(36-32)39-29-20-12-4-3-11-19(20)27(34-29)37-25;;/h1-16H;;1H2/q-2;+2;. The Morgan fingerprint density at radius 1 is 0.381 bits per heavy atom. The summed E-state index contributed by atoms with van der Waals surface area (Å²) < 4.78 is 4.63. The van der Waals surface area contributed by atoms with Crippen LogP contribution in [0.2, 0.25) is 0 Å². The Bertz CT molecular complexity index is 2300. The molecule has 4 aliphatic heterocycles. The number of benzene rings is 4. The van der Waals surface area contributed by atoms with Gasteiger partial charge in [0.15, 0.2) is 0 Å². The minimum absolute atomic E-state index is 0. The van der Waals surface area contributed by atoms with Crippen LogP contribution in [-0.4, -0.2) is 53.3 Å². The number of aliphatic imine (C=N–C) groups is 4. The first-order valence-corrected chi connectivity index (χ1v) is 15.6. The number of amidine groups is 4. The number of hydrogen-bond donors (Lipinski definition) is 0. The molecule has 42 heavy (non-hydrogen) atoms. The van der Waals surface area contributed by atoms with Crippen molar-refractivity contribution in [1.29, 1.82) is 0 Å². The Labute approximate surface area is 246 Å². The number of aromatic nitrogens is 2. The van der Waals surface area contributed by atoms with E-state index in [0.717, 1.165) is 66.4 Å². The van der Waals surface area contributed by atoms with Crippen LogP contribution in [0.4, 0.5) is 11.6 Å². The first-order chi connectivity index (χ1) is 20.3. The summed E-state index contributed by atoms with van der Waals surface area (Å²) in [6, 6.07) is 33.2. The predicted octanol–water partition coefficient (Wildman–Crippen LogP) is 3.65. The average Bonchev–Trinajstić information content (AvgIpc) is 3.72. The fraction of sp³-hybridized carbons (Fsp3) is 0. The topological polar surface area (TPSA) is 116 Å². The maximum absolute atomic E-state index is 5.26. The van der Waals surface area contributed by atoms with Crippen LogP contribution >= 0.6 is 0 Å². The molecule has 0 saturated carbocycles. The molecule has 0 saturated heterocycles. The summed E-state index contributed by atoms with van der Waals surface area (Å²) in [4.78, 5) is 31.1. The molecule has 0 spiro atoms. The normalized spacial score (nSPS) is 15.1. The van der Waals surface area contributed by atoms with Gasteiger partial charge in [0.1, 0.15) is 0 Å². The molecule has 2 aromatic heterocycles. The van der Waals surface area contributed by atoms with Crippen molar-refractivity contribution in [3.8, 4) is 0 Å². The molecule has 4 aliphatic rings. The van der Waals surface area contributed by atoms with Gasteiger partial charge in [0.25, 0.3) is 0 Å². The zero-order valence-corrected chi connectivity index (χ0v) is 24.3. The number of nitrogens with zero attached hydrogens (tertiary/aromatic N) is 8. The van der Waals surface area contributed by atoms with E-state index in [1.807, 2.05) is 24.3 Å². The first-order valence-electron chi connectivity index (χ1n) is 13.4. The van der Waals surface area contributed by atoms with Gasteiger partial charge in [0.05, 0.1) is 0 Å². The molecular formula is C32H18GaN8O. The summed E-state index contributed by atoms with van der Waals surface area (Å²) in [5.74, 6) is 4.42. The molecule has 10 heteroatoms. The summed E-state index contributed by atoms with van der Waals surface area (Å²) in [6.45, 7) is 0. The predicted molar refractivity (Wildman–Crippen MR) is 165 cm³/mol. The van der Waals surface area contributed by atoms with Gasteiger partial charge in [0, 0.05) is 0 Å². The van der Waals surface area contributed by atoms with Gasteiger partial charge >= 0.3 is 241 Å². The van der Waals surface area contributed by atoms with Crippen LogP contribution in [0.25, 0.3) is 21.5 Å². The molecule has 195 valence electrons. The second-order valence-corrected chi connectivity index (χ2v) is 12.9. The molecule has 2 N–H and O–H groups in total. The van der Waals surface area contributed by atoms with Gasteiger partial charge < -0.3 is 5.48 Å². The van der Waals surface area contributed by atoms with E-state index in [9.17, 15) is 0 Å². The van der Waals surface area contributed by atoms with Crippen molar-refractivity contribution < 1.29 is 5.48 Å². The molecule has 0 unspecified atom stereocenters. The van der Waals surface area contributed by atoms with Crippen LogP contribution in [0.15, 0.2) is 127 Å². The molecular weight excluding hydrogens is 582 g/mol. The fourth-order valence-corrected chi connectivity index (χ4v) is 9.24. The summed E-state index contributed by atoms with van der Waals surface area (Å²) in [6.07, 6.45) is 0. The summed E-state index contributed by atoms with van der Waals surface area (Å²) in [5, 5.41) is 4.17. The Morgan fingerprint density at radius 2 is 0.738 bits per heavy atom. The van der Waals surface area contributed by atoms with Crippen molar-refractivity contribution in [2.75, 3.05) is 0 Å². The molecule has 4 aromatic carbocycles. The second kappa shape index (κ2) is 8.43.